The van der Waals surface area contributed by atoms with E-state index in [4.69, 9.17) is 10.5 Å². The summed E-state index contributed by atoms with van der Waals surface area (Å²) in [4.78, 5) is 25.0. The van der Waals surface area contributed by atoms with E-state index < -0.39 is 5.54 Å². The number of nitrogens with two attached hydrogens (primary N) is 1. The van der Waals surface area contributed by atoms with Crippen molar-refractivity contribution in [2.75, 3.05) is 20.2 Å². The van der Waals surface area contributed by atoms with E-state index in [1.807, 2.05) is 30.3 Å². The first-order valence-corrected chi connectivity index (χ1v) is 7.34. The van der Waals surface area contributed by atoms with Gasteiger partial charge in [0.15, 0.2) is 0 Å². The molecule has 1 aliphatic rings. The van der Waals surface area contributed by atoms with Gasteiger partial charge in [-0.1, -0.05) is 30.3 Å². The number of hydrogen-bond acceptors (Lipinski definition) is 5. The summed E-state index contributed by atoms with van der Waals surface area (Å²) >= 11 is 0. The lowest BCUT2D eigenvalue weighted by atomic mass is 9.85. The molecule has 0 aromatic heterocycles. The lowest BCUT2D eigenvalue weighted by Crippen LogP contribution is -2.53. The van der Waals surface area contributed by atoms with Gasteiger partial charge in [-0.05, 0) is 18.4 Å². The molecule has 1 aromatic rings. The zero-order valence-electron chi connectivity index (χ0n) is 13.2. The molecule has 23 heavy (non-hydrogen) atoms. The number of esters is 1. The summed E-state index contributed by atoms with van der Waals surface area (Å²) in [5.41, 5.74) is 6.54. The van der Waals surface area contributed by atoms with Crippen LogP contribution in [-0.2, 0) is 20.9 Å². The van der Waals surface area contributed by atoms with Gasteiger partial charge in [-0.3, -0.25) is 4.79 Å². The van der Waals surface area contributed by atoms with E-state index >= 15 is 0 Å². The number of halogens is 1. The standard InChI is InChI=1S/C16H22N2O4.ClH/c1-21-14(19)11-16(17)7-9-18(10-8-16)15(20)22-12-13-5-3-2-4-6-13;/h2-6H,7-12,17H2,1H3;1H. The molecule has 2 N–H and O–H groups in total. The summed E-state index contributed by atoms with van der Waals surface area (Å²) in [6.45, 7) is 1.23. The molecule has 1 aromatic carbocycles. The predicted octanol–water partition coefficient (Wildman–Crippen LogP) is 2.10. The van der Waals surface area contributed by atoms with Gasteiger partial charge in [0.2, 0.25) is 0 Å². The first-order chi connectivity index (χ1) is 10.5. The number of piperidine rings is 1. The Balaban J connectivity index is 0.00000264. The zero-order chi connectivity index (χ0) is 16.0. The van der Waals surface area contributed by atoms with E-state index in [0.29, 0.717) is 25.9 Å². The molecule has 0 aliphatic carbocycles. The largest absolute Gasteiger partial charge is 0.469 e. The van der Waals surface area contributed by atoms with E-state index in [1.54, 1.807) is 4.90 Å². The van der Waals surface area contributed by atoms with Crippen LogP contribution in [-0.4, -0.2) is 42.7 Å². The van der Waals surface area contributed by atoms with Crippen LogP contribution in [0, 0.1) is 0 Å². The highest BCUT2D eigenvalue weighted by atomic mass is 35.5. The molecule has 1 heterocycles. The predicted molar refractivity (Wildman–Crippen MR) is 88.2 cm³/mol. The maximum Gasteiger partial charge on any atom is 0.410 e. The molecule has 7 heteroatoms. The second kappa shape index (κ2) is 8.74. The lowest BCUT2D eigenvalue weighted by molar-refractivity contribution is -0.142. The van der Waals surface area contributed by atoms with Crippen LogP contribution in [0.4, 0.5) is 4.79 Å². The molecule has 128 valence electrons. The molecule has 1 saturated heterocycles. The van der Waals surface area contributed by atoms with E-state index in [-0.39, 0.29) is 37.5 Å². The summed E-state index contributed by atoms with van der Waals surface area (Å²) in [5.74, 6) is -0.317. The molecule has 1 aliphatic heterocycles. The minimum atomic E-state index is -0.594. The highest BCUT2D eigenvalue weighted by molar-refractivity contribution is 5.85. The monoisotopic (exact) mass is 342 g/mol. The number of carbonyl (C=O) groups excluding carboxylic acids is 2. The van der Waals surface area contributed by atoms with Gasteiger partial charge < -0.3 is 20.1 Å². The Morgan fingerprint density at radius 3 is 2.39 bits per heavy atom. The van der Waals surface area contributed by atoms with E-state index in [1.165, 1.54) is 7.11 Å². The van der Waals surface area contributed by atoms with Crippen molar-refractivity contribution in [2.24, 2.45) is 5.73 Å². The number of hydrogen-bond donors (Lipinski definition) is 1. The van der Waals surface area contributed by atoms with Crippen molar-refractivity contribution in [3.63, 3.8) is 0 Å². The number of nitrogens with zero attached hydrogens (tertiary/aromatic N) is 1. The molecule has 2 rings (SSSR count). The fourth-order valence-electron chi connectivity index (χ4n) is 2.48. The average molecular weight is 343 g/mol. The Morgan fingerprint density at radius 1 is 1.22 bits per heavy atom. The quantitative estimate of drug-likeness (QED) is 0.847. The Kier molecular flexibility index (Phi) is 7.32. The van der Waals surface area contributed by atoms with Crippen LogP contribution >= 0.6 is 12.4 Å². The molecule has 0 unspecified atom stereocenters. The molecule has 0 saturated carbocycles. The third kappa shape index (κ3) is 5.73. The van der Waals surface area contributed by atoms with Crippen LogP contribution in [0.2, 0.25) is 0 Å². The Bertz CT molecular complexity index is 516. The number of likely N-dealkylation sites (tertiary alicyclic amines) is 1. The molecule has 1 amide bonds. The minimum absolute atomic E-state index is 0. The summed E-state index contributed by atoms with van der Waals surface area (Å²) in [5, 5.41) is 0. The molecular weight excluding hydrogens is 320 g/mol. The van der Waals surface area contributed by atoms with Crippen LogP contribution in [0.15, 0.2) is 30.3 Å². The number of carbonyl (C=O) groups is 2. The van der Waals surface area contributed by atoms with Crippen LogP contribution in [0.3, 0.4) is 0 Å². The molecule has 0 atom stereocenters. The third-order valence-corrected chi connectivity index (χ3v) is 3.95. The zero-order valence-corrected chi connectivity index (χ0v) is 14.0. The van der Waals surface area contributed by atoms with Crippen molar-refractivity contribution in [1.29, 1.82) is 0 Å². The highest BCUT2D eigenvalue weighted by Crippen LogP contribution is 2.24. The van der Waals surface area contributed by atoms with Crippen molar-refractivity contribution in [3.05, 3.63) is 35.9 Å². The average Bonchev–Trinajstić information content (AvgIpc) is 2.54. The second-order valence-corrected chi connectivity index (χ2v) is 5.64. The molecule has 6 nitrogen and oxygen atoms in total. The van der Waals surface area contributed by atoms with Crippen LogP contribution in [0.1, 0.15) is 24.8 Å². The van der Waals surface area contributed by atoms with Crippen LogP contribution in [0.5, 0.6) is 0 Å². The number of rotatable bonds is 4. The number of ether oxygens (including phenoxy) is 2. The maximum absolute atomic E-state index is 12.0. The van der Waals surface area contributed by atoms with Gasteiger partial charge in [0.1, 0.15) is 6.61 Å². The fourth-order valence-corrected chi connectivity index (χ4v) is 2.48. The lowest BCUT2D eigenvalue weighted by Gasteiger charge is -2.37. The van der Waals surface area contributed by atoms with E-state index in [9.17, 15) is 9.59 Å². The molecule has 0 radical (unpaired) electrons. The third-order valence-electron chi connectivity index (χ3n) is 3.95. The van der Waals surface area contributed by atoms with Gasteiger partial charge in [-0.15, -0.1) is 12.4 Å². The van der Waals surface area contributed by atoms with Gasteiger partial charge in [-0.25, -0.2) is 4.79 Å². The molecule has 0 spiro atoms. The van der Waals surface area contributed by atoms with Crippen molar-refractivity contribution in [2.45, 2.75) is 31.4 Å². The van der Waals surface area contributed by atoms with Gasteiger partial charge in [0.05, 0.1) is 13.5 Å². The fraction of sp³-hybridized carbons (Fsp3) is 0.500. The van der Waals surface area contributed by atoms with Gasteiger partial charge >= 0.3 is 12.1 Å². The second-order valence-electron chi connectivity index (χ2n) is 5.64. The van der Waals surface area contributed by atoms with Crippen molar-refractivity contribution in [1.82, 2.24) is 4.90 Å². The molecular formula is C16H23ClN2O4. The summed E-state index contributed by atoms with van der Waals surface area (Å²) < 4.78 is 9.95. The van der Waals surface area contributed by atoms with Gasteiger partial charge in [0, 0.05) is 18.6 Å². The minimum Gasteiger partial charge on any atom is -0.469 e. The van der Waals surface area contributed by atoms with Crippen molar-refractivity contribution >= 4 is 24.5 Å². The highest BCUT2D eigenvalue weighted by Gasteiger charge is 2.35. The SMILES string of the molecule is COC(=O)CC1(N)CCN(C(=O)OCc2ccccc2)CC1.Cl. The Hall–Kier alpha value is -1.79. The van der Waals surface area contributed by atoms with Crippen LogP contribution < -0.4 is 5.73 Å². The van der Waals surface area contributed by atoms with E-state index in [0.717, 1.165) is 5.56 Å². The van der Waals surface area contributed by atoms with Crippen molar-refractivity contribution < 1.29 is 19.1 Å². The Labute approximate surface area is 142 Å². The number of amides is 1. The normalized spacial score (nSPS) is 16.2. The van der Waals surface area contributed by atoms with Crippen molar-refractivity contribution in [3.8, 4) is 0 Å². The van der Waals surface area contributed by atoms with Gasteiger partial charge in [0.25, 0.3) is 0 Å². The number of benzene rings is 1. The number of methoxy groups -OCH3 is 1. The molecule has 0 bridgehead atoms. The van der Waals surface area contributed by atoms with Gasteiger partial charge in [-0.2, -0.15) is 0 Å². The topological polar surface area (TPSA) is 81.9 Å². The summed E-state index contributed by atoms with van der Waals surface area (Å²) in [6, 6.07) is 9.53. The van der Waals surface area contributed by atoms with E-state index in [2.05, 4.69) is 4.74 Å². The van der Waals surface area contributed by atoms with Crippen LogP contribution in [0.25, 0.3) is 0 Å². The first-order valence-electron chi connectivity index (χ1n) is 7.34. The first kappa shape index (κ1) is 19.3. The Morgan fingerprint density at radius 2 is 1.83 bits per heavy atom. The maximum atomic E-state index is 12.0. The summed E-state index contributed by atoms with van der Waals surface area (Å²) in [7, 11) is 1.35. The summed E-state index contributed by atoms with van der Waals surface area (Å²) in [6.07, 6.45) is 0.950. The molecule has 1 fully saturated rings. The smallest absolute Gasteiger partial charge is 0.410 e.